The van der Waals surface area contributed by atoms with Gasteiger partial charge in [-0.1, -0.05) is 25.1 Å². The van der Waals surface area contributed by atoms with Crippen molar-refractivity contribution in [3.63, 3.8) is 0 Å². The van der Waals surface area contributed by atoms with E-state index >= 15 is 0 Å². The molecule has 4 nitrogen and oxygen atoms in total. The molecule has 0 amide bonds. The lowest BCUT2D eigenvalue weighted by molar-refractivity contribution is 0.0235. The van der Waals surface area contributed by atoms with E-state index in [0.29, 0.717) is 18.4 Å². The Balaban J connectivity index is 1.61. The molecule has 0 radical (unpaired) electrons. The third kappa shape index (κ3) is 4.83. The minimum atomic E-state index is -0.376. The summed E-state index contributed by atoms with van der Waals surface area (Å²) in [7, 11) is 0. The van der Waals surface area contributed by atoms with E-state index in [4.69, 9.17) is 0 Å². The monoisotopic (exact) mass is 343 g/mol. The van der Waals surface area contributed by atoms with Gasteiger partial charge in [-0.15, -0.1) is 0 Å². The fraction of sp³-hybridized carbons (Fsp3) is 0.500. The van der Waals surface area contributed by atoms with E-state index in [0.717, 1.165) is 43.9 Å². The fourth-order valence-corrected chi connectivity index (χ4v) is 3.46. The fourth-order valence-electron chi connectivity index (χ4n) is 3.46. The van der Waals surface area contributed by atoms with Crippen LogP contribution in [0, 0.1) is 11.7 Å². The molecule has 25 heavy (non-hydrogen) atoms. The standard InChI is InChI=1S/C20H26FN3O/c1-2-5-20-22-11-15(12-23-20)13-24-9-8-19(25)17(14-24)10-16-6-3-4-7-18(16)21/h3-4,6-7,11-12,17,19,25H,2,5,8-10,13-14H2,1H3/t17-,19-/m1/s1. The summed E-state index contributed by atoms with van der Waals surface area (Å²) in [5.74, 6) is 0.746. The number of aliphatic hydroxyl groups excluding tert-OH is 1. The van der Waals surface area contributed by atoms with Gasteiger partial charge < -0.3 is 5.11 Å². The lowest BCUT2D eigenvalue weighted by Gasteiger charge is -2.36. The first-order valence-corrected chi connectivity index (χ1v) is 9.09. The zero-order valence-electron chi connectivity index (χ0n) is 14.7. The first-order valence-electron chi connectivity index (χ1n) is 9.09. The van der Waals surface area contributed by atoms with E-state index in [9.17, 15) is 9.50 Å². The number of benzene rings is 1. The second kappa shape index (κ2) is 8.50. The summed E-state index contributed by atoms with van der Waals surface area (Å²) in [6.45, 7) is 4.48. The van der Waals surface area contributed by atoms with Gasteiger partial charge in [-0.2, -0.15) is 0 Å². The molecule has 2 aromatic rings. The normalized spacial score (nSPS) is 21.4. The van der Waals surface area contributed by atoms with E-state index in [2.05, 4.69) is 21.8 Å². The van der Waals surface area contributed by atoms with E-state index < -0.39 is 0 Å². The summed E-state index contributed by atoms with van der Waals surface area (Å²) in [4.78, 5) is 11.1. The van der Waals surface area contributed by atoms with Crippen molar-refractivity contribution in [2.45, 2.75) is 45.3 Å². The Morgan fingerprint density at radius 2 is 2.00 bits per heavy atom. The van der Waals surface area contributed by atoms with Gasteiger partial charge in [0.1, 0.15) is 11.6 Å². The van der Waals surface area contributed by atoms with Crippen LogP contribution >= 0.6 is 0 Å². The number of aryl methyl sites for hydroxylation is 1. The molecule has 0 aliphatic carbocycles. The van der Waals surface area contributed by atoms with Crippen LogP contribution in [0.25, 0.3) is 0 Å². The van der Waals surface area contributed by atoms with E-state index in [1.54, 1.807) is 12.1 Å². The maximum absolute atomic E-state index is 13.9. The molecule has 1 aromatic heterocycles. The molecule has 1 aliphatic rings. The molecule has 0 spiro atoms. The largest absolute Gasteiger partial charge is 0.393 e. The van der Waals surface area contributed by atoms with Gasteiger partial charge in [-0.05, 0) is 30.9 Å². The van der Waals surface area contributed by atoms with Crippen LogP contribution in [-0.2, 0) is 19.4 Å². The predicted octanol–water partition coefficient (Wildman–Crippen LogP) is 2.99. The molecule has 134 valence electrons. The average Bonchev–Trinajstić information content (AvgIpc) is 2.62. The summed E-state index contributed by atoms with van der Waals surface area (Å²) in [6, 6.07) is 6.84. The summed E-state index contributed by atoms with van der Waals surface area (Å²) >= 11 is 0. The Morgan fingerprint density at radius 1 is 1.24 bits per heavy atom. The van der Waals surface area contributed by atoms with Crippen LogP contribution in [-0.4, -0.2) is 39.2 Å². The number of likely N-dealkylation sites (tertiary alicyclic amines) is 1. The Hall–Kier alpha value is -1.85. The Morgan fingerprint density at radius 3 is 2.72 bits per heavy atom. The summed E-state index contributed by atoms with van der Waals surface area (Å²) < 4.78 is 13.9. The van der Waals surface area contributed by atoms with Gasteiger partial charge in [0.15, 0.2) is 0 Å². The molecular formula is C20H26FN3O. The first kappa shape index (κ1) is 18.0. The number of aromatic nitrogens is 2. The zero-order valence-corrected chi connectivity index (χ0v) is 14.7. The van der Waals surface area contributed by atoms with Crippen molar-refractivity contribution in [3.8, 4) is 0 Å². The highest BCUT2D eigenvalue weighted by Gasteiger charge is 2.28. The van der Waals surface area contributed by atoms with Gasteiger partial charge in [0.05, 0.1) is 6.10 Å². The van der Waals surface area contributed by atoms with Gasteiger partial charge in [0, 0.05) is 49.9 Å². The molecule has 1 fully saturated rings. The molecule has 3 rings (SSSR count). The minimum absolute atomic E-state index is 0.0472. The van der Waals surface area contributed by atoms with Crippen molar-refractivity contribution >= 4 is 0 Å². The number of hydrogen-bond acceptors (Lipinski definition) is 4. The second-order valence-corrected chi connectivity index (χ2v) is 6.90. The van der Waals surface area contributed by atoms with Crippen molar-refractivity contribution in [1.29, 1.82) is 0 Å². The third-order valence-corrected chi connectivity index (χ3v) is 4.86. The van der Waals surface area contributed by atoms with Crippen molar-refractivity contribution in [2.75, 3.05) is 13.1 Å². The lowest BCUT2D eigenvalue weighted by atomic mass is 9.88. The average molecular weight is 343 g/mol. The van der Waals surface area contributed by atoms with Gasteiger partial charge in [0.25, 0.3) is 0 Å². The molecule has 5 heteroatoms. The van der Waals surface area contributed by atoms with Crippen LogP contribution in [0.3, 0.4) is 0 Å². The molecule has 0 saturated carbocycles. The number of rotatable bonds is 6. The SMILES string of the molecule is CCCc1ncc(CN2CC[C@@H](O)[C@H](Cc3ccccc3F)C2)cn1. The maximum atomic E-state index is 13.9. The Labute approximate surface area is 148 Å². The van der Waals surface area contributed by atoms with Gasteiger partial charge >= 0.3 is 0 Å². The van der Waals surface area contributed by atoms with Crippen LogP contribution < -0.4 is 0 Å². The van der Waals surface area contributed by atoms with Crippen molar-refractivity contribution in [2.24, 2.45) is 5.92 Å². The number of piperidine rings is 1. The van der Waals surface area contributed by atoms with Crippen molar-refractivity contribution in [1.82, 2.24) is 14.9 Å². The quantitative estimate of drug-likeness (QED) is 0.876. The van der Waals surface area contributed by atoms with E-state index in [1.807, 2.05) is 18.5 Å². The second-order valence-electron chi connectivity index (χ2n) is 6.90. The van der Waals surface area contributed by atoms with Crippen LogP contribution in [0.2, 0.25) is 0 Å². The van der Waals surface area contributed by atoms with E-state index in [-0.39, 0.29) is 17.8 Å². The smallest absolute Gasteiger partial charge is 0.128 e. The predicted molar refractivity (Wildman–Crippen MR) is 95.5 cm³/mol. The van der Waals surface area contributed by atoms with Crippen LogP contribution in [0.15, 0.2) is 36.7 Å². The molecule has 1 saturated heterocycles. The van der Waals surface area contributed by atoms with Crippen molar-refractivity contribution in [3.05, 3.63) is 59.4 Å². The highest BCUT2D eigenvalue weighted by Crippen LogP contribution is 2.23. The molecular weight excluding hydrogens is 317 g/mol. The Bertz CT molecular complexity index is 677. The first-order chi connectivity index (χ1) is 12.2. The number of aliphatic hydroxyl groups is 1. The number of nitrogens with zero attached hydrogens (tertiary/aromatic N) is 3. The van der Waals surface area contributed by atoms with Crippen LogP contribution in [0.5, 0.6) is 0 Å². The van der Waals surface area contributed by atoms with Gasteiger partial charge in [0.2, 0.25) is 0 Å². The minimum Gasteiger partial charge on any atom is -0.393 e. The van der Waals surface area contributed by atoms with Crippen LogP contribution in [0.1, 0.15) is 36.7 Å². The lowest BCUT2D eigenvalue weighted by Crippen LogP contribution is -2.43. The molecule has 1 aliphatic heterocycles. The molecule has 2 atom stereocenters. The zero-order chi connectivity index (χ0) is 17.6. The number of halogens is 1. The highest BCUT2D eigenvalue weighted by atomic mass is 19.1. The molecule has 2 heterocycles. The Kier molecular flexibility index (Phi) is 6.10. The summed E-state index contributed by atoms with van der Waals surface area (Å²) in [5, 5.41) is 10.3. The van der Waals surface area contributed by atoms with E-state index in [1.165, 1.54) is 6.07 Å². The topological polar surface area (TPSA) is 49.2 Å². The summed E-state index contributed by atoms with van der Waals surface area (Å²) in [5.41, 5.74) is 1.77. The van der Waals surface area contributed by atoms with Crippen molar-refractivity contribution < 1.29 is 9.50 Å². The molecule has 1 aromatic carbocycles. The number of hydrogen-bond donors (Lipinski definition) is 1. The van der Waals surface area contributed by atoms with Crippen LogP contribution in [0.4, 0.5) is 4.39 Å². The van der Waals surface area contributed by atoms with Gasteiger partial charge in [-0.3, -0.25) is 4.90 Å². The third-order valence-electron chi connectivity index (χ3n) is 4.86. The maximum Gasteiger partial charge on any atom is 0.128 e. The molecule has 0 unspecified atom stereocenters. The molecule has 1 N–H and O–H groups in total. The highest BCUT2D eigenvalue weighted by molar-refractivity contribution is 5.18. The summed E-state index contributed by atoms with van der Waals surface area (Å²) in [6.07, 6.45) is 6.65. The molecule has 0 bridgehead atoms. The van der Waals surface area contributed by atoms with Gasteiger partial charge in [-0.25, -0.2) is 14.4 Å².